The molecular formula is C14H22N2O3. The number of hydrogen-bond donors (Lipinski definition) is 1. The Bertz CT molecular complexity index is 444. The van der Waals surface area contributed by atoms with Crippen LogP contribution in [0, 0.1) is 22.5 Å². The summed E-state index contributed by atoms with van der Waals surface area (Å²) >= 11 is 0. The second-order valence-corrected chi connectivity index (χ2v) is 5.54. The average molecular weight is 266 g/mol. The monoisotopic (exact) mass is 266 g/mol. The van der Waals surface area contributed by atoms with E-state index < -0.39 is 0 Å². The topological polar surface area (TPSA) is 64.4 Å². The Morgan fingerprint density at radius 3 is 2.68 bits per heavy atom. The van der Waals surface area contributed by atoms with Crippen LogP contribution in [0.15, 0.2) is 18.2 Å². The van der Waals surface area contributed by atoms with Gasteiger partial charge < -0.3 is 10.1 Å². The molecule has 0 unspecified atom stereocenters. The lowest BCUT2D eigenvalue weighted by Gasteiger charge is -2.25. The van der Waals surface area contributed by atoms with Crippen LogP contribution in [0.2, 0.25) is 0 Å². The van der Waals surface area contributed by atoms with E-state index in [1.54, 1.807) is 19.2 Å². The van der Waals surface area contributed by atoms with Crippen molar-refractivity contribution in [3.63, 3.8) is 0 Å². The van der Waals surface area contributed by atoms with Crippen LogP contribution >= 0.6 is 0 Å². The lowest BCUT2D eigenvalue weighted by Crippen LogP contribution is -2.24. The second kappa shape index (κ2) is 6.52. The predicted octanol–water partition coefficient (Wildman–Crippen LogP) is 3.38. The number of aryl methyl sites for hydroxylation is 1. The minimum Gasteiger partial charge on any atom is -0.385 e. The minimum absolute atomic E-state index is 0.0226. The molecule has 0 heterocycles. The van der Waals surface area contributed by atoms with Crippen LogP contribution in [0.3, 0.4) is 0 Å². The molecule has 106 valence electrons. The van der Waals surface area contributed by atoms with Gasteiger partial charge in [0, 0.05) is 26.3 Å². The molecule has 0 bridgehead atoms. The fraction of sp³-hybridized carbons (Fsp3) is 0.571. The number of hydrogen-bond acceptors (Lipinski definition) is 4. The van der Waals surface area contributed by atoms with Gasteiger partial charge in [-0.25, -0.2) is 0 Å². The van der Waals surface area contributed by atoms with E-state index in [9.17, 15) is 10.1 Å². The molecule has 1 aromatic carbocycles. The summed E-state index contributed by atoms with van der Waals surface area (Å²) in [7, 11) is 1.67. The summed E-state index contributed by atoms with van der Waals surface area (Å²) in [6.45, 7) is 7.42. The number of nitrogens with zero attached hydrogens (tertiary/aromatic N) is 1. The molecule has 0 radical (unpaired) electrons. The molecule has 1 rings (SSSR count). The Labute approximate surface area is 114 Å². The van der Waals surface area contributed by atoms with Gasteiger partial charge in [-0.3, -0.25) is 10.1 Å². The minimum atomic E-state index is -0.350. The molecule has 5 heteroatoms. The fourth-order valence-corrected chi connectivity index (χ4v) is 1.74. The predicted molar refractivity (Wildman–Crippen MR) is 76.6 cm³/mol. The number of ether oxygens (including phenoxy) is 1. The summed E-state index contributed by atoms with van der Waals surface area (Å²) in [5, 5.41) is 14.2. The van der Waals surface area contributed by atoms with E-state index in [1.807, 2.05) is 13.0 Å². The molecule has 0 fully saturated rings. The maximum atomic E-state index is 11.0. The van der Waals surface area contributed by atoms with E-state index in [0.29, 0.717) is 18.8 Å². The smallest absolute Gasteiger partial charge is 0.292 e. The molecule has 0 spiro atoms. The van der Waals surface area contributed by atoms with E-state index in [-0.39, 0.29) is 16.0 Å². The fourth-order valence-electron chi connectivity index (χ4n) is 1.74. The maximum absolute atomic E-state index is 11.0. The van der Waals surface area contributed by atoms with Crippen molar-refractivity contribution >= 4 is 11.4 Å². The summed E-state index contributed by atoms with van der Waals surface area (Å²) in [6.07, 6.45) is 0.899. The highest BCUT2D eigenvalue weighted by molar-refractivity contribution is 5.62. The van der Waals surface area contributed by atoms with Crippen LogP contribution in [-0.2, 0) is 4.74 Å². The second-order valence-electron chi connectivity index (χ2n) is 5.54. The number of rotatable bonds is 7. The first kappa shape index (κ1) is 15.4. The zero-order valence-electron chi connectivity index (χ0n) is 12.0. The maximum Gasteiger partial charge on any atom is 0.292 e. The molecule has 0 atom stereocenters. The highest BCUT2D eigenvalue weighted by Gasteiger charge is 2.20. The Kier molecular flexibility index (Phi) is 5.30. The lowest BCUT2D eigenvalue weighted by atomic mass is 9.89. The summed E-state index contributed by atoms with van der Waals surface area (Å²) in [6, 6.07) is 5.22. The number of methoxy groups -OCH3 is 1. The molecule has 1 aromatic rings. The van der Waals surface area contributed by atoms with Crippen molar-refractivity contribution in [3.8, 4) is 0 Å². The largest absolute Gasteiger partial charge is 0.385 e. The SMILES string of the molecule is COCCC(C)(C)CNc1ccc(C)cc1[N+](=O)[O-]. The third-order valence-electron chi connectivity index (χ3n) is 3.09. The molecule has 0 aromatic heterocycles. The number of nitro benzene ring substituents is 1. The molecule has 0 amide bonds. The van der Waals surface area contributed by atoms with Gasteiger partial charge in [0.2, 0.25) is 0 Å². The van der Waals surface area contributed by atoms with Crippen molar-refractivity contribution in [1.29, 1.82) is 0 Å². The Balaban J connectivity index is 2.75. The van der Waals surface area contributed by atoms with Crippen molar-refractivity contribution in [2.75, 3.05) is 25.6 Å². The van der Waals surface area contributed by atoms with Crippen LogP contribution in [0.25, 0.3) is 0 Å². The lowest BCUT2D eigenvalue weighted by molar-refractivity contribution is -0.384. The first-order chi connectivity index (χ1) is 8.85. The number of benzene rings is 1. The van der Waals surface area contributed by atoms with E-state index in [2.05, 4.69) is 19.2 Å². The average Bonchev–Trinajstić information content (AvgIpc) is 2.35. The highest BCUT2D eigenvalue weighted by atomic mass is 16.6. The Morgan fingerprint density at radius 2 is 2.11 bits per heavy atom. The zero-order valence-corrected chi connectivity index (χ0v) is 12.0. The van der Waals surface area contributed by atoms with Crippen LogP contribution < -0.4 is 5.32 Å². The van der Waals surface area contributed by atoms with Crippen LogP contribution in [-0.4, -0.2) is 25.2 Å². The van der Waals surface area contributed by atoms with Gasteiger partial charge in [0.15, 0.2) is 0 Å². The number of nitro groups is 1. The first-order valence-corrected chi connectivity index (χ1v) is 6.33. The van der Waals surface area contributed by atoms with Crippen molar-refractivity contribution in [2.45, 2.75) is 27.2 Å². The molecule has 19 heavy (non-hydrogen) atoms. The standard InChI is InChI=1S/C14H22N2O3/c1-11-5-6-12(13(9-11)16(17)18)15-10-14(2,3)7-8-19-4/h5-6,9,15H,7-8,10H2,1-4H3. The number of nitrogens with one attached hydrogen (secondary N) is 1. The summed E-state index contributed by atoms with van der Waals surface area (Å²) in [5.41, 5.74) is 1.61. The van der Waals surface area contributed by atoms with Gasteiger partial charge in [-0.15, -0.1) is 0 Å². The molecule has 0 aliphatic rings. The third kappa shape index (κ3) is 4.87. The Morgan fingerprint density at radius 1 is 1.42 bits per heavy atom. The summed E-state index contributed by atoms with van der Waals surface area (Å²) in [4.78, 5) is 10.7. The van der Waals surface area contributed by atoms with Crippen molar-refractivity contribution in [2.24, 2.45) is 5.41 Å². The van der Waals surface area contributed by atoms with Crippen LogP contribution in [0.1, 0.15) is 25.8 Å². The van der Waals surface area contributed by atoms with Crippen molar-refractivity contribution in [1.82, 2.24) is 0 Å². The van der Waals surface area contributed by atoms with E-state index in [1.165, 1.54) is 0 Å². The molecule has 0 saturated heterocycles. The van der Waals surface area contributed by atoms with Crippen molar-refractivity contribution in [3.05, 3.63) is 33.9 Å². The van der Waals surface area contributed by atoms with E-state index in [4.69, 9.17) is 4.74 Å². The molecule has 0 saturated carbocycles. The molecular weight excluding hydrogens is 244 g/mol. The zero-order chi connectivity index (χ0) is 14.5. The van der Waals surface area contributed by atoms with Crippen LogP contribution in [0.4, 0.5) is 11.4 Å². The van der Waals surface area contributed by atoms with Gasteiger partial charge in [-0.05, 0) is 30.4 Å². The Hall–Kier alpha value is -1.62. The molecule has 5 nitrogen and oxygen atoms in total. The van der Waals surface area contributed by atoms with Gasteiger partial charge in [-0.2, -0.15) is 0 Å². The molecule has 1 N–H and O–H groups in total. The number of anilines is 1. The van der Waals surface area contributed by atoms with Crippen LogP contribution in [0.5, 0.6) is 0 Å². The quantitative estimate of drug-likeness (QED) is 0.607. The van der Waals surface area contributed by atoms with E-state index >= 15 is 0 Å². The first-order valence-electron chi connectivity index (χ1n) is 6.33. The highest BCUT2D eigenvalue weighted by Crippen LogP contribution is 2.28. The van der Waals surface area contributed by atoms with E-state index in [0.717, 1.165) is 12.0 Å². The normalized spacial score (nSPS) is 11.4. The van der Waals surface area contributed by atoms with Gasteiger partial charge in [0.1, 0.15) is 5.69 Å². The van der Waals surface area contributed by atoms with Gasteiger partial charge in [-0.1, -0.05) is 19.9 Å². The third-order valence-corrected chi connectivity index (χ3v) is 3.09. The van der Waals surface area contributed by atoms with Gasteiger partial charge in [0.25, 0.3) is 5.69 Å². The molecule has 0 aliphatic carbocycles. The summed E-state index contributed by atoms with van der Waals surface area (Å²) in [5.74, 6) is 0. The summed E-state index contributed by atoms with van der Waals surface area (Å²) < 4.78 is 5.07. The van der Waals surface area contributed by atoms with Gasteiger partial charge >= 0.3 is 0 Å². The van der Waals surface area contributed by atoms with Crippen molar-refractivity contribution < 1.29 is 9.66 Å². The molecule has 0 aliphatic heterocycles. The van der Waals surface area contributed by atoms with Gasteiger partial charge in [0.05, 0.1) is 4.92 Å².